The lowest BCUT2D eigenvalue weighted by molar-refractivity contribution is -0.135. The van der Waals surface area contributed by atoms with Crippen molar-refractivity contribution >= 4 is 11.8 Å². The average molecular weight is 464 g/mol. The Balaban J connectivity index is 1.37. The van der Waals surface area contributed by atoms with Gasteiger partial charge in [0.25, 0.3) is 0 Å². The third-order valence-electron chi connectivity index (χ3n) is 7.58. The quantitative estimate of drug-likeness (QED) is 0.638. The van der Waals surface area contributed by atoms with Crippen molar-refractivity contribution in [1.29, 1.82) is 0 Å². The molecule has 1 aromatic heterocycles. The molecule has 1 aliphatic heterocycles. The molecule has 0 bridgehead atoms. The van der Waals surface area contributed by atoms with E-state index in [1.165, 1.54) is 5.56 Å². The highest BCUT2D eigenvalue weighted by molar-refractivity contribution is 5.81. The van der Waals surface area contributed by atoms with Crippen LogP contribution in [0.4, 0.5) is 0 Å². The van der Waals surface area contributed by atoms with Gasteiger partial charge in [0, 0.05) is 24.4 Å². The van der Waals surface area contributed by atoms with E-state index in [1.54, 1.807) is 10.8 Å². The zero-order valence-corrected chi connectivity index (χ0v) is 20.0. The Morgan fingerprint density at radius 2 is 1.97 bits per heavy atom. The summed E-state index contributed by atoms with van der Waals surface area (Å²) < 4.78 is 8.07. The number of fused-ring (bicyclic) bond motifs is 2. The molecular formula is C26H33N5O3. The molecule has 2 amide bonds. The van der Waals surface area contributed by atoms with Crippen LogP contribution in [-0.2, 0) is 26.3 Å². The molecular weight excluding hydrogens is 430 g/mol. The van der Waals surface area contributed by atoms with Crippen LogP contribution in [0.15, 0.2) is 36.9 Å². The van der Waals surface area contributed by atoms with E-state index in [2.05, 4.69) is 40.2 Å². The Morgan fingerprint density at radius 1 is 1.24 bits per heavy atom. The second-order valence-corrected chi connectivity index (χ2v) is 9.79. The predicted octanol–water partition coefficient (Wildman–Crippen LogP) is 2.61. The summed E-state index contributed by atoms with van der Waals surface area (Å²) in [5, 5.41) is 7.64. The molecule has 2 fully saturated rings. The summed E-state index contributed by atoms with van der Waals surface area (Å²) in [7, 11) is 0. The van der Waals surface area contributed by atoms with Gasteiger partial charge in [0.2, 0.25) is 11.8 Å². The Bertz CT molecular complexity index is 1100. The number of hydrogen-bond acceptors (Lipinski definition) is 5. The first-order chi connectivity index (χ1) is 16.4. The van der Waals surface area contributed by atoms with Crippen LogP contribution in [0.1, 0.15) is 54.5 Å². The lowest BCUT2D eigenvalue weighted by atomic mass is 9.71. The van der Waals surface area contributed by atoms with Gasteiger partial charge in [-0.05, 0) is 50.7 Å². The van der Waals surface area contributed by atoms with Crippen molar-refractivity contribution in [3.05, 3.63) is 59.7 Å². The molecule has 8 heteroatoms. The largest absolute Gasteiger partial charge is 0.371 e. The van der Waals surface area contributed by atoms with Crippen molar-refractivity contribution < 1.29 is 14.3 Å². The smallest absolute Gasteiger partial charge is 0.244 e. The van der Waals surface area contributed by atoms with E-state index in [4.69, 9.17) is 4.74 Å². The number of carbonyl (C=O) groups excluding carboxylic acids is 2. The van der Waals surface area contributed by atoms with Crippen molar-refractivity contribution in [3.63, 3.8) is 0 Å². The number of ether oxygens (including phenoxy) is 1. The number of amides is 2. The van der Waals surface area contributed by atoms with Gasteiger partial charge in [-0.1, -0.05) is 30.3 Å². The number of benzene rings is 1. The molecule has 1 spiro atoms. The van der Waals surface area contributed by atoms with Crippen molar-refractivity contribution in [2.75, 3.05) is 19.7 Å². The second kappa shape index (κ2) is 8.98. The van der Waals surface area contributed by atoms with E-state index < -0.39 is 0 Å². The monoisotopic (exact) mass is 463 g/mol. The van der Waals surface area contributed by atoms with Gasteiger partial charge in [0.05, 0.1) is 18.8 Å². The fraction of sp³-hybridized carbons (Fsp3) is 0.538. The third kappa shape index (κ3) is 4.04. The number of nitrogens with zero attached hydrogens (tertiary/aromatic N) is 4. The standard InChI is InChI=1S/C26H33N5O3/c1-4-15-34-24-23(28-25(33)19-9-10-19)20-7-5-6-8-21(20)26(24)11-13-30(14-12-26)22(32)16-31-18(3)27-17(2)29-31/h4-8,19,23-24H,1,9-16H2,2-3H3,(H,28,33)/t23-,24+/m1/s1. The molecule has 1 aromatic carbocycles. The van der Waals surface area contributed by atoms with Crippen LogP contribution in [-0.4, -0.2) is 57.3 Å². The van der Waals surface area contributed by atoms with Crippen molar-refractivity contribution in [3.8, 4) is 0 Å². The zero-order valence-electron chi connectivity index (χ0n) is 20.0. The summed E-state index contributed by atoms with van der Waals surface area (Å²) in [6.45, 7) is 9.43. The highest BCUT2D eigenvalue weighted by Crippen LogP contribution is 2.52. The average Bonchev–Trinajstić information content (AvgIpc) is 3.60. The highest BCUT2D eigenvalue weighted by atomic mass is 16.5. The Morgan fingerprint density at radius 3 is 2.62 bits per heavy atom. The highest BCUT2D eigenvalue weighted by Gasteiger charge is 2.55. The Hall–Kier alpha value is -3.00. The predicted molar refractivity (Wildman–Crippen MR) is 127 cm³/mol. The summed E-state index contributed by atoms with van der Waals surface area (Å²) in [4.78, 5) is 32.0. The van der Waals surface area contributed by atoms with Crippen LogP contribution in [0, 0.1) is 19.8 Å². The number of piperidine rings is 1. The van der Waals surface area contributed by atoms with Crippen LogP contribution in [0.2, 0.25) is 0 Å². The minimum absolute atomic E-state index is 0.0521. The minimum atomic E-state index is -0.252. The number of rotatable bonds is 7. The molecule has 5 rings (SSSR count). The number of aryl methyl sites for hydroxylation is 2. The van der Waals surface area contributed by atoms with Crippen molar-refractivity contribution in [2.45, 2.75) is 63.6 Å². The number of carbonyl (C=O) groups is 2. The molecule has 2 aliphatic carbocycles. The van der Waals surface area contributed by atoms with E-state index >= 15 is 0 Å². The first-order valence-electron chi connectivity index (χ1n) is 12.2. The van der Waals surface area contributed by atoms with Crippen molar-refractivity contribution in [1.82, 2.24) is 25.0 Å². The molecule has 1 saturated carbocycles. The number of hydrogen-bond donors (Lipinski definition) is 1. The van der Waals surface area contributed by atoms with Gasteiger partial charge in [-0.15, -0.1) is 6.58 Å². The van der Waals surface area contributed by atoms with Gasteiger partial charge in [-0.2, -0.15) is 5.10 Å². The van der Waals surface area contributed by atoms with Gasteiger partial charge in [-0.3, -0.25) is 9.59 Å². The van der Waals surface area contributed by atoms with Crippen LogP contribution >= 0.6 is 0 Å². The van der Waals surface area contributed by atoms with Gasteiger partial charge in [0.15, 0.2) is 0 Å². The second-order valence-electron chi connectivity index (χ2n) is 9.79. The van der Waals surface area contributed by atoms with E-state index in [-0.39, 0.29) is 41.8 Å². The van der Waals surface area contributed by atoms with Crippen LogP contribution in [0.3, 0.4) is 0 Å². The zero-order chi connectivity index (χ0) is 23.9. The molecule has 34 heavy (non-hydrogen) atoms. The van der Waals surface area contributed by atoms with Crippen LogP contribution in [0.5, 0.6) is 0 Å². The maximum atomic E-state index is 13.1. The van der Waals surface area contributed by atoms with Gasteiger partial charge >= 0.3 is 0 Å². The Kier molecular flexibility index (Phi) is 6.02. The lowest BCUT2D eigenvalue weighted by Crippen LogP contribution is -2.52. The summed E-state index contributed by atoms with van der Waals surface area (Å²) in [5.74, 6) is 1.72. The first kappa shape index (κ1) is 22.8. The molecule has 0 unspecified atom stereocenters. The first-order valence-corrected chi connectivity index (χ1v) is 12.2. The molecule has 2 aromatic rings. The molecule has 2 heterocycles. The van der Waals surface area contributed by atoms with E-state index in [1.807, 2.05) is 24.8 Å². The van der Waals surface area contributed by atoms with Gasteiger partial charge in [0.1, 0.15) is 18.2 Å². The topological polar surface area (TPSA) is 89.4 Å². The summed E-state index contributed by atoms with van der Waals surface area (Å²) in [5.41, 5.74) is 2.12. The number of aromatic nitrogens is 3. The number of likely N-dealkylation sites (tertiary alicyclic amines) is 1. The molecule has 1 N–H and O–H groups in total. The number of nitrogens with one attached hydrogen (secondary N) is 1. The van der Waals surface area contributed by atoms with Gasteiger partial charge < -0.3 is 15.0 Å². The molecule has 1 saturated heterocycles. The molecule has 2 atom stereocenters. The van der Waals surface area contributed by atoms with Crippen LogP contribution < -0.4 is 5.32 Å². The fourth-order valence-electron chi connectivity index (χ4n) is 5.70. The third-order valence-corrected chi connectivity index (χ3v) is 7.58. The summed E-state index contributed by atoms with van der Waals surface area (Å²) in [6, 6.07) is 8.18. The molecule has 8 nitrogen and oxygen atoms in total. The molecule has 0 radical (unpaired) electrons. The van der Waals surface area contributed by atoms with Crippen molar-refractivity contribution in [2.24, 2.45) is 5.92 Å². The summed E-state index contributed by atoms with van der Waals surface area (Å²) in [6.07, 6.45) is 5.06. The van der Waals surface area contributed by atoms with E-state index in [0.29, 0.717) is 25.5 Å². The lowest BCUT2D eigenvalue weighted by Gasteiger charge is -2.44. The maximum Gasteiger partial charge on any atom is 0.244 e. The summed E-state index contributed by atoms with van der Waals surface area (Å²) >= 11 is 0. The van der Waals surface area contributed by atoms with Crippen LogP contribution in [0.25, 0.3) is 0 Å². The fourth-order valence-corrected chi connectivity index (χ4v) is 5.70. The van der Waals surface area contributed by atoms with E-state index in [0.717, 1.165) is 37.1 Å². The van der Waals surface area contributed by atoms with E-state index in [9.17, 15) is 9.59 Å². The Labute approximate surface area is 200 Å². The molecule has 180 valence electrons. The minimum Gasteiger partial charge on any atom is -0.371 e. The normalized spacial score (nSPS) is 23.1. The molecule has 3 aliphatic rings. The van der Waals surface area contributed by atoms with Gasteiger partial charge in [-0.25, -0.2) is 9.67 Å². The SMILES string of the molecule is C=CCO[C@H]1[C@H](NC(=O)C2CC2)c2ccccc2C12CCN(C(=O)Cn1nc(C)nc1C)CC2. The maximum absolute atomic E-state index is 13.1.